The number of nitrogens with two attached hydrogens (primary N) is 1. The molecular weight excluding hydrogens is 231 g/mol. The number of amides is 1. The molecule has 0 saturated carbocycles. The Kier molecular flexibility index (Phi) is 3.57. The molecule has 3 N–H and O–H groups in total. The van der Waals surface area contributed by atoms with E-state index in [9.17, 15) is 9.18 Å². The molecule has 3 nitrogen and oxygen atoms in total. The lowest BCUT2D eigenvalue weighted by Crippen LogP contribution is -2.23. The Hall–Kier alpha value is -2.36. The molecular formula is C14H13FN2O. The fourth-order valence-electron chi connectivity index (χ4n) is 1.58. The molecule has 0 aliphatic heterocycles. The third-order valence-corrected chi connectivity index (χ3v) is 2.57. The van der Waals surface area contributed by atoms with Crippen molar-refractivity contribution in [3.8, 4) is 0 Å². The van der Waals surface area contributed by atoms with Gasteiger partial charge in [-0.15, -0.1) is 0 Å². The van der Waals surface area contributed by atoms with E-state index in [-0.39, 0.29) is 11.7 Å². The average molecular weight is 244 g/mol. The second-order valence-corrected chi connectivity index (χ2v) is 3.90. The zero-order chi connectivity index (χ0) is 13.0. The van der Waals surface area contributed by atoms with Crippen molar-refractivity contribution < 1.29 is 9.18 Å². The number of nitrogens with one attached hydrogen (secondary N) is 1. The lowest BCUT2D eigenvalue weighted by Gasteiger charge is -2.07. The second-order valence-electron chi connectivity index (χ2n) is 3.90. The molecule has 0 unspecified atom stereocenters. The molecule has 92 valence electrons. The molecule has 2 rings (SSSR count). The number of carbonyl (C=O) groups excluding carboxylic acids is 1. The van der Waals surface area contributed by atoms with Gasteiger partial charge in [-0.1, -0.05) is 24.3 Å². The first-order valence-electron chi connectivity index (χ1n) is 5.54. The Morgan fingerprint density at radius 1 is 1.11 bits per heavy atom. The molecule has 1 amide bonds. The highest BCUT2D eigenvalue weighted by Crippen LogP contribution is 2.10. The van der Waals surface area contributed by atoms with E-state index < -0.39 is 0 Å². The van der Waals surface area contributed by atoms with Crippen molar-refractivity contribution in [2.24, 2.45) is 0 Å². The number of nitrogen functional groups attached to an aromatic ring is 1. The van der Waals surface area contributed by atoms with Gasteiger partial charge in [-0.25, -0.2) is 4.39 Å². The lowest BCUT2D eigenvalue weighted by molar-refractivity contribution is 0.0952. The first kappa shape index (κ1) is 12.1. The normalized spacial score (nSPS) is 10.1. The van der Waals surface area contributed by atoms with E-state index >= 15 is 0 Å². The molecule has 0 spiro atoms. The van der Waals surface area contributed by atoms with Crippen molar-refractivity contribution in [3.05, 3.63) is 65.5 Å². The van der Waals surface area contributed by atoms with Gasteiger partial charge < -0.3 is 11.1 Å². The van der Waals surface area contributed by atoms with Crippen molar-refractivity contribution in [2.45, 2.75) is 6.54 Å². The molecule has 2 aromatic rings. The van der Waals surface area contributed by atoms with Gasteiger partial charge in [-0.2, -0.15) is 0 Å². The summed E-state index contributed by atoms with van der Waals surface area (Å²) < 4.78 is 12.7. The SMILES string of the molecule is Nc1ccccc1C(=O)NCc1ccc(F)cc1. The van der Waals surface area contributed by atoms with Gasteiger partial charge in [-0.05, 0) is 29.8 Å². The van der Waals surface area contributed by atoms with Gasteiger partial charge >= 0.3 is 0 Å². The van der Waals surface area contributed by atoms with Gasteiger partial charge in [0.25, 0.3) is 5.91 Å². The third-order valence-electron chi connectivity index (χ3n) is 2.57. The highest BCUT2D eigenvalue weighted by Gasteiger charge is 2.07. The number of hydrogen-bond donors (Lipinski definition) is 2. The molecule has 0 fully saturated rings. The predicted octanol–water partition coefficient (Wildman–Crippen LogP) is 2.34. The summed E-state index contributed by atoms with van der Waals surface area (Å²) in [6.45, 7) is 0.341. The molecule has 0 atom stereocenters. The Labute approximate surface area is 104 Å². The maximum Gasteiger partial charge on any atom is 0.253 e. The quantitative estimate of drug-likeness (QED) is 0.814. The zero-order valence-corrected chi connectivity index (χ0v) is 9.69. The number of para-hydroxylation sites is 1. The molecule has 18 heavy (non-hydrogen) atoms. The van der Waals surface area contributed by atoms with Crippen LogP contribution in [0.2, 0.25) is 0 Å². The van der Waals surface area contributed by atoms with Crippen LogP contribution in [0.3, 0.4) is 0 Å². The maximum absolute atomic E-state index is 12.7. The van der Waals surface area contributed by atoms with Crippen LogP contribution in [0, 0.1) is 5.82 Å². The van der Waals surface area contributed by atoms with Gasteiger partial charge in [0.05, 0.1) is 5.56 Å². The second kappa shape index (κ2) is 5.31. The van der Waals surface area contributed by atoms with Gasteiger partial charge in [0, 0.05) is 12.2 Å². The fraction of sp³-hybridized carbons (Fsp3) is 0.0714. The minimum absolute atomic E-state index is 0.238. The highest BCUT2D eigenvalue weighted by molar-refractivity contribution is 5.98. The monoisotopic (exact) mass is 244 g/mol. The molecule has 0 radical (unpaired) electrons. The van der Waals surface area contributed by atoms with Crippen LogP contribution in [0.5, 0.6) is 0 Å². The predicted molar refractivity (Wildman–Crippen MR) is 68.4 cm³/mol. The Bertz CT molecular complexity index is 552. The van der Waals surface area contributed by atoms with Crippen molar-refractivity contribution >= 4 is 11.6 Å². The average Bonchev–Trinajstić information content (AvgIpc) is 2.38. The zero-order valence-electron chi connectivity index (χ0n) is 9.69. The van der Waals surface area contributed by atoms with Crippen molar-refractivity contribution in [2.75, 3.05) is 5.73 Å². The Morgan fingerprint density at radius 3 is 2.44 bits per heavy atom. The Balaban J connectivity index is 2.01. The number of anilines is 1. The van der Waals surface area contributed by atoms with E-state index in [0.717, 1.165) is 5.56 Å². The molecule has 0 aliphatic rings. The number of rotatable bonds is 3. The van der Waals surface area contributed by atoms with Crippen LogP contribution in [-0.2, 0) is 6.54 Å². The van der Waals surface area contributed by atoms with Crippen LogP contribution in [0.4, 0.5) is 10.1 Å². The van der Waals surface area contributed by atoms with Crippen LogP contribution in [0.25, 0.3) is 0 Å². The van der Waals surface area contributed by atoms with E-state index in [1.165, 1.54) is 12.1 Å². The summed E-state index contributed by atoms with van der Waals surface area (Å²) in [6, 6.07) is 12.8. The number of benzene rings is 2. The molecule has 0 saturated heterocycles. The summed E-state index contributed by atoms with van der Waals surface area (Å²) in [5.74, 6) is -0.533. The summed E-state index contributed by atoms with van der Waals surface area (Å²) in [4.78, 5) is 11.8. The largest absolute Gasteiger partial charge is 0.398 e. The van der Waals surface area contributed by atoms with E-state index in [0.29, 0.717) is 17.8 Å². The van der Waals surface area contributed by atoms with Crippen LogP contribution in [0.1, 0.15) is 15.9 Å². The van der Waals surface area contributed by atoms with Crippen molar-refractivity contribution in [1.29, 1.82) is 0 Å². The number of carbonyl (C=O) groups is 1. The summed E-state index contributed by atoms with van der Waals surface area (Å²) in [6.07, 6.45) is 0. The highest BCUT2D eigenvalue weighted by atomic mass is 19.1. The molecule has 0 bridgehead atoms. The topological polar surface area (TPSA) is 55.1 Å². The minimum atomic E-state index is -0.294. The third kappa shape index (κ3) is 2.85. The molecule has 0 heterocycles. The lowest BCUT2D eigenvalue weighted by atomic mass is 10.1. The summed E-state index contributed by atoms with van der Waals surface area (Å²) >= 11 is 0. The van der Waals surface area contributed by atoms with E-state index in [2.05, 4.69) is 5.32 Å². The smallest absolute Gasteiger partial charge is 0.253 e. The summed E-state index contributed by atoms with van der Waals surface area (Å²) in [5.41, 5.74) is 7.42. The van der Waals surface area contributed by atoms with Gasteiger partial charge in [0.15, 0.2) is 0 Å². The van der Waals surface area contributed by atoms with Gasteiger partial charge in [0.1, 0.15) is 5.82 Å². The standard InChI is InChI=1S/C14H13FN2O/c15-11-7-5-10(6-8-11)9-17-14(18)12-3-1-2-4-13(12)16/h1-8H,9,16H2,(H,17,18). The first-order chi connectivity index (χ1) is 8.66. The first-order valence-corrected chi connectivity index (χ1v) is 5.54. The number of halogens is 1. The van der Waals surface area contributed by atoms with Crippen LogP contribution < -0.4 is 11.1 Å². The van der Waals surface area contributed by atoms with Crippen LogP contribution in [0.15, 0.2) is 48.5 Å². The summed E-state index contributed by atoms with van der Waals surface area (Å²) in [5, 5.41) is 2.73. The maximum atomic E-state index is 12.7. The van der Waals surface area contributed by atoms with Crippen molar-refractivity contribution in [3.63, 3.8) is 0 Å². The summed E-state index contributed by atoms with van der Waals surface area (Å²) in [7, 11) is 0. The van der Waals surface area contributed by atoms with Crippen LogP contribution in [-0.4, -0.2) is 5.91 Å². The van der Waals surface area contributed by atoms with E-state index in [1.54, 1.807) is 36.4 Å². The fourth-order valence-corrected chi connectivity index (χ4v) is 1.58. The van der Waals surface area contributed by atoms with E-state index in [1.807, 2.05) is 0 Å². The minimum Gasteiger partial charge on any atom is -0.398 e. The Morgan fingerprint density at radius 2 is 1.78 bits per heavy atom. The molecule has 0 aliphatic carbocycles. The molecule has 4 heteroatoms. The molecule has 2 aromatic carbocycles. The van der Waals surface area contributed by atoms with Gasteiger partial charge in [0.2, 0.25) is 0 Å². The van der Waals surface area contributed by atoms with Crippen molar-refractivity contribution in [1.82, 2.24) is 5.32 Å². The van der Waals surface area contributed by atoms with Gasteiger partial charge in [-0.3, -0.25) is 4.79 Å². The molecule has 0 aromatic heterocycles. The number of hydrogen-bond acceptors (Lipinski definition) is 2. The van der Waals surface area contributed by atoms with Crippen LogP contribution >= 0.6 is 0 Å². The van der Waals surface area contributed by atoms with E-state index in [4.69, 9.17) is 5.73 Å².